The van der Waals surface area contributed by atoms with E-state index in [-0.39, 0.29) is 0 Å². The van der Waals surface area contributed by atoms with Crippen molar-refractivity contribution in [3.05, 3.63) is 36.2 Å². The quantitative estimate of drug-likeness (QED) is 0.620. The van der Waals surface area contributed by atoms with E-state index in [1.807, 2.05) is 0 Å². The van der Waals surface area contributed by atoms with Crippen LogP contribution in [0.5, 0.6) is 0 Å². The Morgan fingerprint density at radius 2 is 1.75 bits per heavy atom. The van der Waals surface area contributed by atoms with Gasteiger partial charge in [-0.2, -0.15) is 0 Å². The number of hydrogen-bond donors (Lipinski definition) is 2. The molecule has 1 aromatic carbocycles. The Morgan fingerprint density at radius 1 is 1.17 bits per heavy atom. The Hall–Kier alpha value is -1.13. The Labute approximate surface area is 70.1 Å². The molecule has 0 saturated carbocycles. The summed E-state index contributed by atoms with van der Waals surface area (Å²) in [6, 6.07) is 6.26. The van der Waals surface area contributed by atoms with Gasteiger partial charge >= 0.3 is 7.12 Å². The van der Waals surface area contributed by atoms with E-state index in [1.165, 1.54) is 18.2 Å². The van der Waals surface area contributed by atoms with Crippen LogP contribution in [0.4, 0.5) is 4.39 Å². The molecule has 0 aliphatic carbocycles. The van der Waals surface area contributed by atoms with E-state index >= 15 is 0 Å². The third kappa shape index (κ3) is 2.18. The molecule has 0 atom stereocenters. The second kappa shape index (κ2) is 4.04. The van der Waals surface area contributed by atoms with Gasteiger partial charge in [0.1, 0.15) is 0 Å². The lowest BCUT2D eigenvalue weighted by molar-refractivity contribution is 0.426. The highest BCUT2D eigenvalue weighted by molar-refractivity contribution is 6.58. The highest BCUT2D eigenvalue weighted by Gasteiger charge is 2.08. The maximum Gasteiger partial charge on any atom is 0.488 e. The van der Waals surface area contributed by atoms with Crippen LogP contribution in [0, 0.1) is 0 Å². The number of rotatable bonds is 2. The monoisotopic (exact) mass is 166 g/mol. The van der Waals surface area contributed by atoms with E-state index in [2.05, 4.69) is 0 Å². The maximum absolute atomic E-state index is 11.7. The van der Waals surface area contributed by atoms with Crippen molar-refractivity contribution < 1.29 is 14.4 Å². The summed E-state index contributed by atoms with van der Waals surface area (Å²) in [7, 11) is -1.46. The molecule has 4 heteroatoms. The predicted octanol–water partition coefficient (Wildman–Crippen LogP) is 0.307. The second-order valence-electron chi connectivity index (χ2n) is 2.33. The van der Waals surface area contributed by atoms with Crippen LogP contribution in [0.1, 0.15) is 5.56 Å². The molecule has 2 N–H and O–H groups in total. The van der Waals surface area contributed by atoms with Crippen LogP contribution >= 0.6 is 0 Å². The average Bonchev–Trinajstić information content (AvgIpc) is 2.06. The molecule has 0 aromatic heterocycles. The van der Waals surface area contributed by atoms with Gasteiger partial charge in [0.2, 0.25) is 0 Å². The van der Waals surface area contributed by atoms with Gasteiger partial charge < -0.3 is 10.0 Å². The molecule has 0 radical (unpaired) electrons. The molecular weight excluding hydrogens is 158 g/mol. The van der Waals surface area contributed by atoms with Crippen LogP contribution in [0.15, 0.2) is 30.6 Å². The van der Waals surface area contributed by atoms with Crippen molar-refractivity contribution in [2.24, 2.45) is 0 Å². The molecule has 12 heavy (non-hydrogen) atoms. The minimum Gasteiger partial charge on any atom is -0.423 e. The van der Waals surface area contributed by atoms with E-state index in [0.29, 0.717) is 17.4 Å². The molecular formula is C8H8BFO2. The van der Waals surface area contributed by atoms with Crippen LogP contribution < -0.4 is 5.46 Å². The lowest BCUT2D eigenvalue weighted by Gasteiger charge is -1.98. The molecule has 0 bridgehead atoms. The van der Waals surface area contributed by atoms with E-state index < -0.39 is 7.12 Å². The highest BCUT2D eigenvalue weighted by atomic mass is 19.1. The first kappa shape index (κ1) is 8.97. The van der Waals surface area contributed by atoms with E-state index in [9.17, 15) is 4.39 Å². The minimum atomic E-state index is -1.46. The lowest BCUT2D eigenvalue weighted by Crippen LogP contribution is -2.29. The van der Waals surface area contributed by atoms with Crippen molar-refractivity contribution in [3.63, 3.8) is 0 Å². The zero-order valence-electron chi connectivity index (χ0n) is 6.31. The SMILES string of the molecule is OB(O)c1ccc(/C=C/F)cc1. The zero-order valence-corrected chi connectivity index (χ0v) is 6.31. The first-order valence-corrected chi connectivity index (χ1v) is 3.47. The van der Waals surface area contributed by atoms with Gasteiger partial charge in [0, 0.05) is 0 Å². The zero-order chi connectivity index (χ0) is 8.97. The second-order valence-corrected chi connectivity index (χ2v) is 2.33. The molecule has 0 saturated heterocycles. The van der Waals surface area contributed by atoms with Gasteiger partial charge in [0.25, 0.3) is 0 Å². The standard InChI is InChI=1S/C8H8BFO2/c10-6-5-7-1-3-8(4-2-7)9(11)12/h1-6,11-12H/b6-5+. The highest BCUT2D eigenvalue weighted by Crippen LogP contribution is 1.99. The normalized spacial score (nSPS) is 10.6. The van der Waals surface area contributed by atoms with E-state index in [0.717, 1.165) is 0 Å². The Bertz CT molecular complexity index is 269. The largest absolute Gasteiger partial charge is 0.488 e. The van der Waals surface area contributed by atoms with Gasteiger partial charge in [-0.25, -0.2) is 4.39 Å². The predicted molar refractivity (Wildman–Crippen MR) is 46.4 cm³/mol. The maximum atomic E-state index is 11.7. The summed E-state index contributed by atoms with van der Waals surface area (Å²) in [6.07, 6.45) is 1.72. The summed E-state index contributed by atoms with van der Waals surface area (Å²) >= 11 is 0. The van der Waals surface area contributed by atoms with Crippen molar-refractivity contribution in [2.45, 2.75) is 0 Å². The van der Waals surface area contributed by atoms with Crippen molar-refractivity contribution >= 4 is 18.7 Å². The van der Waals surface area contributed by atoms with Crippen molar-refractivity contribution in [3.8, 4) is 0 Å². The molecule has 0 aliphatic heterocycles. The molecule has 1 aromatic rings. The van der Waals surface area contributed by atoms with Crippen molar-refractivity contribution in [2.75, 3.05) is 0 Å². The van der Waals surface area contributed by atoms with Crippen LogP contribution in [0.2, 0.25) is 0 Å². The van der Waals surface area contributed by atoms with Crippen LogP contribution in [-0.4, -0.2) is 17.2 Å². The summed E-state index contributed by atoms with van der Waals surface area (Å²) in [5, 5.41) is 17.4. The Morgan fingerprint density at radius 3 is 2.17 bits per heavy atom. The Balaban J connectivity index is 2.85. The summed E-state index contributed by atoms with van der Waals surface area (Å²) in [6.45, 7) is 0. The van der Waals surface area contributed by atoms with Crippen LogP contribution in [0.25, 0.3) is 6.08 Å². The first-order valence-electron chi connectivity index (χ1n) is 3.47. The third-order valence-corrected chi connectivity index (χ3v) is 1.49. The minimum absolute atomic E-state index is 0.394. The molecule has 0 amide bonds. The van der Waals surface area contributed by atoms with Crippen molar-refractivity contribution in [1.29, 1.82) is 0 Å². The van der Waals surface area contributed by atoms with Gasteiger partial charge in [-0.1, -0.05) is 24.3 Å². The van der Waals surface area contributed by atoms with Gasteiger partial charge in [-0.05, 0) is 17.1 Å². The van der Waals surface area contributed by atoms with Gasteiger partial charge in [-0.15, -0.1) is 0 Å². The fourth-order valence-electron chi connectivity index (χ4n) is 0.852. The van der Waals surface area contributed by atoms with E-state index in [4.69, 9.17) is 10.0 Å². The number of halogens is 1. The summed E-state index contributed by atoms with van der Waals surface area (Å²) in [5.74, 6) is 0. The topological polar surface area (TPSA) is 40.5 Å². The van der Waals surface area contributed by atoms with E-state index in [1.54, 1.807) is 12.1 Å². The summed E-state index contributed by atoms with van der Waals surface area (Å²) in [4.78, 5) is 0. The molecule has 0 spiro atoms. The van der Waals surface area contributed by atoms with Gasteiger partial charge in [0.15, 0.2) is 0 Å². The molecule has 0 aliphatic rings. The average molecular weight is 166 g/mol. The van der Waals surface area contributed by atoms with Gasteiger partial charge in [0.05, 0.1) is 6.33 Å². The summed E-state index contributed by atoms with van der Waals surface area (Å²) < 4.78 is 11.7. The molecule has 0 unspecified atom stereocenters. The first-order chi connectivity index (χ1) is 5.74. The molecule has 0 heterocycles. The summed E-state index contributed by atoms with van der Waals surface area (Å²) in [5.41, 5.74) is 1.08. The lowest BCUT2D eigenvalue weighted by atomic mass is 9.80. The Kier molecular flexibility index (Phi) is 3.02. The number of benzene rings is 1. The fraction of sp³-hybridized carbons (Fsp3) is 0. The molecule has 62 valence electrons. The number of hydrogen-bond acceptors (Lipinski definition) is 2. The van der Waals surface area contributed by atoms with Crippen molar-refractivity contribution in [1.82, 2.24) is 0 Å². The fourth-order valence-corrected chi connectivity index (χ4v) is 0.852. The molecule has 0 fully saturated rings. The van der Waals surface area contributed by atoms with Crippen LogP contribution in [0.3, 0.4) is 0 Å². The molecule has 1 rings (SSSR count). The molecule has 2 nitrogen and oxygen atoms in total. The van der Waals surface area contributed by atoms with Gasteiger partial charge in [-0.3, -0.25) is 0 Å². The third-order valence-electron chi connectivity index (χ3n) is 1.49. The smallest absolute Gasteiger partial charge is 0.423 e. The van der Waals surface area contributed by atoms with Crippen LogP contribution in [-0.2, 0) is 0 Å².